The van der Waals surface area contributed by atoms with E-state index in [9.17, 15) is 0 Å². The first-order valence-electron chi connectivity index (χ1n) is 6.11. The Morgan fingerprint density at radius 3 is 3.12 bits per heavy atom. The fourth-order valence-electron chi connectivity index (χ4n) is 2.28. The molecule has 3 heteroatoms. The first-order chi connectivity index (χ1) is 7.90. The van der Waals surface area contributed by atoms with Crippen LogP contribution in [0.4, 0.5) is 0 Å². The van der Waals surface area contributed by atoms with Crippen molar-refractivity contribution in [3.05, 3.63) is 30.1 Å². The van der Waals surface area contributed by atoms with Crippen LogP contribution in [0.25, 0.3) is 0 Å². The average molecular weight is 236 g/mol. The van der Waals surface area contributed by atoms with E-state index in [-0.39, 0.29) is 0 Å². The lowest BCUT2D eigenvalue weighted by Crippen LogP contribution is -2.38. The van der Waals surface area contributed by atoms with Gasteiger partial charge >= 0.3 is 0 Å². The van der Waals surface area contributed by atoms with Gasteiger partial charge in [0.15, 0.2) is 0 Å². The van der Waals surface area contributed by atoms with Crippen molar-refractivity contribution in [1.29, 1.82) is 0 Å². The Kier molecular flexibility index (Phi) is 4.67. The molecule has 2 rings (SSSR count). The normalized spacial score (nSPS) is 22.2. The summed E-state index contributed by atoms with van der Waals surface area (Å²) in [4.78, 5) is 4.43. The monoisotopic (exact) mass is 236 g/mol. The Bertz CT molecular complexity index is 296. The van der Waals surface area contributed by atoms with Gasteiger partial charge in [-0.1, -0.05) is 13.0 Å². The fraction of sp³-hybridized carbons (Fsp3) is 0.615. The van der Waals surface area contributed by atoms with Gasteiger partial charge in [0.2, 0.25) is 0 Å². The van der Waals surface area contributed by atoms with E-state index in [1.807, 2.05) is 12.3 Å². The molecule has 0 aromatic carbocycles. The van der Waals surface area contributed by atoms with Crippen molar-refractivity contribution in [2.24, 2.45) is 5.92 Å². The predicted octanol–water partition coefficient (Wildman–Crippen LogP) is 2.36. The molecule has 1 N–H and O–H groups in total. The summed E-state index contributed by atoms with van der Waals surface area (Å²) in [5.74, 6) is 3.46. The van der Waals surface area contributed by atoms with Gasteiger partial charge in [0.05, 0.1) is 0 Å². The molecule has 0 saturated carbocycles. The second kappa shape index (κ2) is 6.26. The zero-order valence-corrected chi connectivity index (χ0v) is 10.7. The summed E-state index contributed by atoms with van der Waals surface area (Å²) in [6.07, 6.45) is 4.32. The van der Waals surface area contributed by atoms with Gasteiger partial charge in [-0.15, -0.1) is 0 Å². The highest BCUT2D eigenvalue weighted by atomic mass is 32.2. The standard InChI is InChI=1S/C13H20N2S/c1-2-14-13(11-6-8-16-10-11)9-12-5-3-4-7-15-12/h3-5,7,11,13-14H,2,6,8-10H2,1H3. The maximum absolute atomic E-state index is 4.43. The van der Waals surface area contributed by atoms with E-state index in [0.29, 0.717) is 6.04 Å². The van der Waals surface area contributed by atoms with Crippen molar-refractivity contribution in [1.82, 2.24) is 10.3 Å². The van der Waals surface area contributed by atoms with E-state index in [2.05, 4.69) is 41.1 Å². The van der Waals surface area contributed by atoms with Gasteiger partial charge in [-0.05, 0) is 42.5 Å². The summed E-state index contributed by atoms with van der Waals surface area (Å²) >= 11 is 2.09. The Hall–Kier alpha value is -0.540. The molecule has 1 aromatic heterocycles. The van der Waals surface area contributed by atoms with Crippen molar-refractivity contribution >= 4 is 11.8 Å². The Balaban J connectivity index is 1.96. The summed E-state index contributed by atoms with van der Waals surface area (Å²) in [7, 11) is 0. The molecule has 0 amide bonds. The van der Waals surface area contributed by atoms with Gasteiger partial charge in [0.1, 0.15) is 0 Å². The van der Waals surface area contributed by atoms with Crippen molar-refractivity contribution in [2.75, 3.05) is 18.1 Å². The third kappa shape index (κ3) is 3.22. The zero-order chi connectivity index (χ0) is 11.2. The minimum atomic E-state index is 0.606. The molecule has 0 bridgehead atoms. The summed E-state index contributed by atoms with van der Waals surface area (Å²) < 4.78 is 0. The molecule has 1 saturated heterocycles. The topological polar surface area (TPSA) is 24.9 Å². The van der Waals surface area contributed by atoms with Gasteiger partial charge in [0.25, 0.3) is 0 Å². The molecule has 0 radical (unpaired) electrons. The molecule has 1 fully saturated rings. The van der Waals surface area contributed by atoms with Crippen LogP contribution in [-0.4, -0.2) is 29.1 Å². The van der Waals surface area contributed by atoms with E-state index in [1.165, 1.54) is 23.6 Å². The number of thioether (sulfide) groups is 1. The van der Waals surface area contributed by atoms with E-state index in [4.69, 9.17) is 0 Å². The van der Waals surface area contributed by atoms with Crippen LogP contribution >= 0.6 is 11.8 Å². The molecule has 1 aliphatic heterocycles. The number of rotatable bonds is 5. The molecule has 1 aromatic rings. The van der Waals surface area contributed by atoms with Crippen LogP contribution < -0.4 is 5.32 Å². The van der Waals surface area contributed by atoms with Crippen molar-refractivity contribution in [3.63, 3.8) is 0 Å². The van der Waals surface area contributed by atoms with Crippen LogP contribution in [-0.2, 0) is 6.42 Å². The number of hydrogen-bond acceptors (Lipinski definition) is 3. The number of likely N-dealkylation sites (N-methyl/N-ethyl adjacent to an activating group) is 1. The van der Waals surface area contributed by atoms with Gasteiger partial charge in [-0.2, -0.15) is 11.8 Å². The molecule has 1 aliphatic rings. The number of hydrogen-bond donors (Lipinski definition) is 1. The molecular weight excluding hydrogens is 216 g/mol. The molecule has 0 aliphatic carbocycles. The summed E-state index contributed by atoms with van der Waals surface area (Å²) in [6, 6.07) is 6.80. The van der Waals surface area contributed by atoms with E-state index < -0.39 is 0 Å². The third-order valence-electron chi connectivity index (χ3n) is 3.16. The Morgan fingerprint density at radius 1 is 1.56 bits per heavy atom. The summed E-state index contributed by atoms with van der Waals surface area (Å²) in [5, 5.41) is 3.62. The van der Waals surface area contributed by atoms with Crippen LogP contribution in [0.1, 0.15) is 19.0 Å². The molecule has 2 nitrogen and oxygen atoms in total. The highest BCUT2D eigenvalue weighted by molar-refractivity contribution is 7.99. The first kappa shape index (κ1) is 11.9. The van der Waals surface area contributed by atoms with E-state index in [0.717, 1.165) is 18.9 Å². The van der Waals surface area contributed by atoms with Crippen LogP contribution in [0.2, 0.25) is 0 Å². The lowest BCUT2D eigenvalue weighted by molar-refractivity contribution is 0.384. The third-order valence-corrected chi connectivity index (χ3v) is 4.34. The smallest absolute Gasteiger partial charge is 0.0419 e. The van der Waals surface area contributed by atoms with Gasteiger partial charge in [0, 0.05) is 24.4 Å². The quantitative estimate of drug-likeness (QED) is 0.849. The van der Waals surface area contributed by atoms with Crippen molar-refractivity contribution in [2.45, 2.75) is 25.8 Å². The molecular formula is C13H20N2S. The number of aromatic nitrogens is 1. The highest BCUT2D eigenvalue weighted by Gasteiger charge is 2.24. The van der Waals surface area contributed by atoms with Crippen LogP contribution in [0.3, 0.4) is 0 Å². The van der Waals surface area contributed by atoms with Gasteiger partial charge in [-0.3, -0.25) is 4.98 Å². The molecule has 88 valence electrons. The molecule has 2 unspecified atom stereocenters. The lowest BCUT2D eigenvalue weighted by Gasteiger charge is -2.23. The first-order valence-corrected chi connectivity index (χ1v) is 7.26. The summed E-state index contributed by atoms with van der Waals surface area (Å²) in [5.41, 5.74) is 1.21. The zero-order valence-electron chi connectivity index (χ0n) is 9.86. The maximum Gasteiger partial charge on any atom is 0.0419 e. The minimum absolute atomic E-state index is 0.606. The molecule has 0 spiro atoms. The van der Waals surface area contributed by atoms with Crippen molar-refractivity contribution in [3.8, 4) is 0 Å². The van der Waals surface area contributed by atoms with Crippen LogP contribution in [0, 0.1) is 5.92 Å². The lowest BCUT2D eigenvalue weighted by atomic mass is 9.95. The van der Waals surface area contributed by atoms with Crippen molar-refractivity contribution < 1.29 is 0 Å². The minimum Gasteiger partial charge on any atom is -0.314 e. The van der Waals surface area contributed by atoms with Crippen LogP contribution in [0.5, 0.6) is 0 Å². The van der Waals surface area contributed by atoms with Gasteiger partial charge in [-0.25, -0.2) is 0 Å². The second-order valence-electron chi connectivity index (χ2n) is 4.31. The van der Waals surface area contributed by atoms with E-state index in [1.54, 1.807) is 0 Å². The van der Waals surface area contributed by atoms with E-state index >= 15 is 0 Å². The number of nitrogens with one attached hydrogen (secondary N) is 1. The predicted molar refractivity (Wildman–Crippen MR) is 70.8 cm³/mol. The second-order valence-corrected chi connectivity index (χ2v) is 5.46. The SMILES string of the molecule is CCNC(Cc1ccccn1)C1CCSC1. The maximum atomic E-state index is 4.43. The number of pyridine rings is 1. The molecule has 2 heterocycles. The highest BCUT2D eigenvalue weighted by Crippen LogP contribution is 2.27. The average Bonchev–Trinajstić information content (AvgIpc) is 2.83. The summed E-state index contributed by atoms with van der Waals surface area (Å²) in [6.45, 7) is 3.24. The molecule has 16 heavy (non-hydrogen) atoms. The largest absolute Gasteiger partial charge is 0.314 e. The Labute approximate surface area is 102 Å². The molecule has 2 atom stereocenters. The van der Waals surface area contributed by atoms with Crippen LogP contribution in [0.15, 0.2) is 24.4 Å². The fourth-order valence-corrected chi connectivity index (χ4v) is 3.62. The number of nitrogens with zero attached hydrogens (tertiary/aromatic N) is 1. The Morgan fingerprint density at radius 2 is 2.50 bits per heavy atom. The van der Waals surface area contributed by atoms with Gasteiger partial charge < -0.3 is 5.32 Å².